The summed E-state index contributed by atoms with van der Waals surface area (Å²) in [7, 11) is 0. The van der Waals surface area contributed by atoms with Gasteiger partial charge in [-0.05, 0) is 36.8 Å². The summed E-state index contributed by atoms with van der Waals surface area (Å²) in [4.78, 5) is 4.63. The van der Waals surface area contributed by atoms with Crippen LogP contribution in [0.2, 0.25) is 0 Å². The van der Waals surface area contributed by atoms with Gasteiger partial charge in [0.05, 0.1) is 16.9 Å². The number of alkyl halides is 1. The third-order valence-electron chi connectivity index (χ3n) is 3.81. The van der Waals surface area contributed by atoms with Gasteiger partial charge >= 0.3 is 0 Å². The van der Waals surface area contributed by atoms with Crippen LogP contribution in [-0.4, -0.2) is 9.55 Å². The highest BCUT2D eigenvalue weighted by molar-refractivity contribution is 6.16. The number of imidazole rings is 1. The monoisotopic (exact) mass is 248 g/mol. The van der Waals surface area contributed by atoms with E-state index in [-0.39, 0.29) is 0 Å². The molecule has 1 heterocycles. The van der Waals surface area contributed by atoms with Gasteiger partial charge < -0.3 is 4.57 Å². The van der Waals surface area contributed by atoms with Crippen LogP contribution in [0.1, 0.15) is 31.2 Å². The summed E-state index contributed by atoms with van der Waals surface area (Å²) in [5.74, 6) is 1.49. The number of benzene rings is 1. The minimum atomic E-state index is 0.469. The summed E-state index contributed by atoms with van der Waals surface area (Å²) in [6.45, 7) is 5.54. The number of halogens is 1. The lowest BCUT2D eigenvalue weighted by molar-refractivity contribution is 0.464. The first-order chi connectivity index (χ1) is 8.13. The van der Waals surface area contributed by atoms with E-state index in [9.17, 15) is 0 Å². The van der Waals surface area contributed by atoms with Crippen LogP contribution >= 0.6 is 11.6 Å². The third kappa shape index (κ3) is 1.85. The largest absolute Gasteiger partial charge is 0.326 e. The van der Waals surface area contributed by atoms with E-state index in [1.54, 1.807) is 0 Å². The van der Waals surface area contributed by atoms with Gasteiger partial charge in [0.1, 0.15) is 5.82 Å². The Morgan fingerprint density at radius 2 is 2.18 bits per heavy atom. The van der Waals surface area contributed by atoms with Crippen LogP contribution in [0.25, 0.3) is 11.0 Å². The molecule has 1 aromatic heterocycles. The van der Waals surface area contributed by atoms with E-state index in [1.807, 2.05) is 0 Å². The van der Waals surface area contributed by atoms with E-state index >= 15 is 0 Å². The number of aromatic nitrogens is 2. The molecule has 1 aliphatic carbocycles. The number of rotatable bonds is 3. The van der Waals surface area contributed by atoms with Gasteiger partial charge in [-0.3, -0.25) is 0 Å². The molecule has 1 fully saturated rings. The molecule has 2 aromatic rings. The predicted molar refractivity (Wildman–Crippen MR) is 71.4 cm³/mol. The summed E-state index contributed by atoms with van der Waals surface area (Å²) >= 11 is 6.02. The molecule has 0 radical (unpaired) electrons. The highest BCUT2D eigenvalue weighted by atomic mass is 35.5. The minimum Gasteiger partial charge on any atom is -0.326 e. The summed E-state index contributed by atoms with van der Waals surface area (Å²) in [5, 5.41) is 0. The molecular weight excluding hydrogens is 232 g/mol. The zero-order valence-corrected chi connectivity index (χ0v) is 11.1. The van der Waals surface area contributed by atoms with Gasteiger partial charge in [-0.15, -0.1) is 11.6 Å². The molecule has 2 nitrogen and oxygen atoms in total. The van der Waals surface area contributed by atoms with Gasteiger partial charge in [0, 0.05) is 6.54 Å². The van der Waals surface area contributed by atoms with Crippen molar-refractivity contribution in [2.24, 2.45) is 5.41 Å². The first kappa shape index (κ1) is 11.1. The summed E-state index contributed by atoms with van der Waals surface area (Å²) in [5.41, 5.74) is 4.09. The van der Waals surface area contributed by atoms with E-state index in [4.69, 9.17) is 11.6 Å². The lowest BCUT2D eigenvalue weighted by Gasteiger charge is -2.13. The second kappa shape index (κ2) is 3.74. The van der Waals surface area contributed by atoms with Crippen LogP contribution < -0.4 is 0 Å². The summed E-state index contributed by atoms with van der Waals surface area (Å²) in [6.07, 6.45) is 2.64. The zero-order chi connectivity index (χ0) is 12.0. The van der Waals surface area contributed by atoms with Crippen molar-refractivity contribution in [2.75, 3.05) is 0 Å². The summed E-state index contributed by atoms with van der Waals surface area (Å²) in [6, 6.07) is 6.28. The molecule has 90 valence electrons. The molecule has 0 N–H and O–H groups in total. The molecule has 0 aliphatic heterocycles. The Hall–Kier alpha value is -1.02. The quantitative estimate of drug-likeness (QED) is 0.754. The number of hydrogen-bond donors (Lipinski definition) is 0. The Bertz CT molecular complexity index is 567. The molecule has 0 atom stereocenters. The topological polar surface area (TPSA) is 17.8 Å². The SMILES string of the molecule is Cc1cccc2nc(CCl)n(CC3(C)CC3)c12. The van der Waals surface area contributed by atoms with Crippen molar-refractivity contribution in [3.05, 3.63) is 29.6 Å². The molecule has 0 spiro atoms. The van der Waals surface area contributed by atoms with Crippen molar-refractivity contribution in [2.45, 2.75) is 39.1 Å². The van der Waals surface area contributed by atoms with Crippen molar-refractivity contribution >= 4 is 22.6 Å². The molecular formula is C14H17ClN2. The Labute approximate surface area is 107 Å². The van der Waals surface area contributed by atoms with Crippen LogP contribution in [0.5, 0.6) is 0 Å². The first-order valence-corrected chi connectivity index (χ1v) is 6.67. The average molecular weight is 249 g/mol. The Kier molecular flexibility index (Phi) is 2.44. The third-order valence-corrected chi connectivity index (χ3v) is 4.05. The molecule has 0 unspecified atom stereocenters. The zero-order valence-electron chi connectivity index (χ0n) is 10.3. The van der Waals surface area contributed by atoms with Gasteiger partial charge in [0.25, 0.3) is 0 Å². The molecule has 0 amide bonds. The standard InChI is InChI=1S/C14H17ClN2/c1-10-4-3-5-11-13(10)17(12(8-15)16-11)9-14(2)6-7-14/h3-5H,6-9H2,1-2H3. The molecule has 17 heavy (non-hydrogen) atoms. The Morgan fingerprint density at radius 1 is 1.41 bits per heavy atom. The maximum Gasteiger partial charge on any atom is 0.124 e. The molecule has 3 heteroatoms. The maximum absolute atomic E-state index is 6.02. The van der Waals surface area contributed by atoms with Crippen LogP contribution in [0.3, 0.4) is 0 Å². The van der Waals surface area contributed by atoms with Crippen LogP contribution in [0.4, 0.5) is 0 Å². The average Bonchev–Trinajstić information content (AvgIpc) is 2.90. The number of aryl methyl sites for hydroxylation is 1. The minimum absolute atomic E-state index is 0.469. The van der Waals surface area contributed by atoms with Gasteiger partial charge in [-0.2, -0.15) is 0 Å². The van der Waals surface area contributed by atoms with E-state index in [1.165, 1.54) is 23.9 Å². The van der Waals surface area contributed by atoms with Gasteiger partial charge in [0.2, 0.25) is 0 Å². The van der Waals surface area contributed by atoms with Crippen molar-refractivity contribution < 1.29 is 0 Å². The van der Waals surface area contributed by atoms with E-state index in [0.717, 1.165) is 17.9 Å². The fourth-order valence-electron chi connectivity index (χ4n) is 2.44. The highest BCUT2D eigenvalue weighted by Crippen LogP contribution is 2.47. The van der Waals surface area contributed by atoms with Crippen molar-refractivity contribution in [1.29, 1.82) is 0 Å². The van der Waals surface area contributed by atoms with E-state index in [2.05, 4.69) is 41.6 Å². The lowest BCUT2D eigenvalue weighted by Crippen LogP contribution is -2.11. The molecule has 1 saturated carbocycles. The molecule has 0 bridgehead atoms. The number of nitrogens with zero attached hydrogens (tertiary/aromatic N) is 2. The Balaban J connectivity index is 2.18. The van der Waals surface area contributed by atoms with Gasteiger partial charge in [-0.25, -0.2) is 4.98 Å². The molecule has 1 aliphatic rings. The second-order valence-electron chi connectivity index (χ2n) is 5.50. The van der Waals surface area contributed by atoms with Crippen LogP contribution in [0, 0.1) is 12.3 Å². The van der Waals surface area contributed by atoms with Crippen molar-refractivity contribution in [3.63, 3.8) is 0 Å². The highest BCUT2D eigenvalue weighted by Gasteiger charge is 2.38. The number of fused-ring (bicyclic) bond motifs is 1. The predicted octanol–water partition coefficient (Wildman–Crippen LogP) is 3.88. The van der Waals surface area contributed by atoms with Gasteiger partial charge in [-0.1, -0.05) is 19.1 Å². The number of para-hydroxylation sites is 1. The molecule has 1 aromatic carbocycles. The Morgan fingerprint density at radius 3 is 2.82 bits per heavy atom. The van der Waals surface area contributed by atoms with Crippen LogP contribution in [-0.2, 0) is 12.4 Å². The summed E-state index contributed by atoms with van der Waals surface area (Å²) < 4.78 is 2.32. The normalized spacial score (nSPS) is 17.6. The van der Waals surface area contributed by atoms with Gasteiger partial charge in [0.15, 0.2) is 0 Å². The number of hydrogen-bond acceptors (Lipinski definition) is 1. The van der Waals surface area contributed by atoms with Crippen LogP contribution in [0.15, 0.2) is 18.2 Å². The fraction of sp³-hybridized carbons (Fsp3) is 0.500. The second-order valence-corrected chi connectivity index (χ2v) is 5.77. The fourth-order valence-corrected chi connectivity index (χ4v) is 2.64. The molecule has 3 rings (SSSR count). The van der Waals surface area contributed by atoms with E-state index < -0.39 is 0 Å². The van der Waals surface area contributed by atoms with Crippen molar-refractivity contribution in [1.82, 2.24) is 9.55 Å². The van der Waals surface area contributed by atoms with Crippen molar-refractivity contribution in [3.8, 4) is 0 Å². The maximum atomic E-state index is 6.02. The smallest absolute Gasteiger partial charge is 0.124 e. The first-order valence-electron chi connectivity index (χ1n) is 6.14. The lowest BCUT2D eigenvalue weighted by atomic mass is 10.1. The molecule has 0 saturated heterocycles. The van der Waals surface area contributed by atoms with E-state index in [0.29, 0.717) is 11.3 Å².